The van der Waals surface area contributed by atoms with E-state index in [4.69, 9.17) is 9.84 Å². The topological polar surface area (TPSA) is 49.8 Å². The largest absolute Gasteiger partial charge is 0.494 e. The smallest absolute Gasteiger partial charge is 0.254 e. The molecule has 4 nitrogen and oxygen atoms in total. The Morgan fingerprint density at radius 3 is 2.39 bits per heavy atom. The van der Waals surface area contributed by atoms with Crippen LogP contribution in [0.15, 0.2) is 48.5 Å². The van der Waals surface area contributed by atoms with Gasteiger partial charge in [-0.3, -0.25) is 4.79 Å². The van der Waals surface area contributed by atoms with E-state index in [1.807, 2.05) is 38.1 Å². The zero-order chi connectivity index (χ0) is 16.7. The lowest BCUT2D eigenvalue weighted by Gasteiger charge is -2.22. The Morgan fingerprint density at radius 1 is 1.09 bits per heavy atom. The predicted molar refractivity (Wildman–Crippen MR) is 90.4 cm³/mol. The average Bonchev–Trinajstić information content (AvgIpc) is 2.60. The Bertz CT molecular complexity index is 637. The first kappa shape index (κ1) is 17.0. The molecule has 0 unspecified atom stereocenters. The van der Waals surface area contributed by atoms with Gasteiger partial charge in [-0.25, -0.2) is 0 Å². The van der Waals surface area contributed by atoms with E-state index in [0.717, 1.165) is 16.9 Å². The molecular weight excluding hydrogens is 290 g/mol. The van der Waals surface area contributed by atoms with Gasteiger partial charge in [-0.05, 0) is 37.6 Å². The van der Waals surface area contributed by atoms with E-state index in [-0.39, 0.29) is 12.5 Å². The van der Waals surface area contributed by atoms with Gasteiger partial charge in [0.05, 0.1) is 13.2 Å². The van der Waals surface area contributed by atoms with Gasteiger partial charge in [0.1, 0.15) is 5.75 Å². The summed E-state index contributed by atoms with van der Waals surface area (Å²) in [6, 6.07) is 14.8. The molecule has 0 saturated heterocycles. The molecule has 23 heavy (non-hydrogen) atoms. The molecular formula is C19H23NO3. The van der Waals surface area contributed by atoms with E-state index in [9.17, 15) is 4.79 Å². The Balaban J connectivity index is 2.17. The highest BCUT2D eigenvalue weighted by atomic mass is 16.5. The van der Waals surface area contributed by atoms with Crippen molar-refractivity contribution in [3.8, 4) is 5.75 Å². The van der Waals surface area contributed by atoms with Crippen molar-refractivity contribution < 1.29 is 14.6 Å². The van der Waals surface area contributed by atoms with Crippen LogP contribution in [0.3, 0.4) is 0 Å². The number of carbonyl (C=O) groups excluding carboxylic acids is 1. The molecule has 0 fully saturated rings. The first-order valence-corrected chi connectivity index (χ1v) is 7.89. The second-order valence-corrected chi connectivity index (χ2v) is 5.22. The molecule has 1 amide bonds. The number of amides is 1. The van der Waals surface area contributed by atoms with Crippen molar-refractivity contribution in [2.24, 2.45) is 0 Å². The summed E-state index contributed by atoms with van der Waals surface area (Å²) in [4.78, 5) is 14.5. The van der Waals surface area contributed by atoms with Gasteiger partial charge in [-0.2, -0.15) is 0 Å². The van der Waals surface area contributed by atoms with Crippen molar-refractivity contribution in [2.45, 2.75) is 27.0 Å². The highest BCUT2D eigenvalue weighted by molar-refractivity contribution is 5.94. The predicted octanol–water partition coefficient (Wildman–Crippen LogP) is 3.24. The Hall–Kier alpha value is -2.33. The van der Waals surface area contributed by atoms with E-state index in [1.54, 1.807) is 29.2 Å². The molecule has 0 aliphatic rings. The second kappa shape index (κ2) is 8.34. The molecule has 0 heterocycles. The van der Waals surface area contributed by atoms with Gasteiger partial charge in [0.25, 0.3) is 5.91 Å². The zero-order valence-corrected chi connectivity index (χ0v) is 13.7. The molecule has 0 atom stereocenters. The maximum absolute atomic E-state index is 12.7. The quantitative estimate of drug-likeness (QED) is 0.853. The van der Waals surface area contributed by atoms with E-state index >= 15 is 0 Å². The average molecular weight is 313 g/mol. The van der Waals surface area contributed by atoms with Crippen LogP contribution in [0.2, 0.25) is 0 Å². The zero-order valence-electron chi connectivity index (χ0n) is 13.7. The fraction of sp³-hybridized carbons (Fsp3) is 0.316. The number of rotatable bonds is 7. The fourth-order valence-electron chi connectivity index (χ4n) is 2.40. The van der Waals surface area contributed by atoms with Crippen LogP contribution in [0.5, 0.6) is 5.75 Å². The number of benzene rings is 2. The summed E-state index contributed by atoms with van der Waals surface area (Å²) in [5.74, 6) is 0.792. The molecule has 0 aliphatic heterocycles. The number of carbonyl (C=O) groups is 1. The molecule has 0 radical (unpaired) electrons. The highest BCUT2D eigenvalue weighted by Crippen LogP contribution is 2.21. The van der Waals surface area contributed by atoms with Gasteiger partial charge in [0.2, 0.25) is 0 Å². The number of hydrogen-bond acceptors (Lipinski definition) is 3. The maximum atomic E-state index is 12.7. The van der Waals surface area contributed by atoms with Gasteiger partial charge in [-0.15, -0.1) is 0 Å². The van der Waals surface area contributed by atoms with Crippen LogP contribution in [-0.2, 0) is 13.2 Å². The summed E-state index contributed by atoms with van der Waals surface area (Å²) in [6.07, 6.45) is 0. The number of aliphatic hydroxyl groups is 1. The number of hydrogen-bond donors (Lipinski definition) is 1. The van der Waals surface area contributed by atoms with Crippen molar-refractivity contribution in [3.05, 3.63) is 65.2 Å². The molecule has 0 bridgehead atoms. The molecule has 1 N–H and O–H groups in total. The molecule has 0 aliphatic carbocycles. The number of ether oxygens (including phenoxy) is 1. The summed E-state index contributed by atoms with van der Waals surface area (Å²) in [7, 11) is 0. The van der Waals surface area contributed by atoms with Crippen molar-refractivity contribution in [1.82, 2.24) is 4.90 Å². The molecule has 2 aromatic rings. The van der Waals surface area contributed by atoms with Crippen LogP contribution >= 0.6 is 0 Å². The molecule has 0 saturated carbocycles. The molecule has 0 spiro atoms. The van der Waals surface area contributed by atoms with Crippen LogP contribution in [0.1, 0.15) is 35.3 Å². The molecule has 2 aromatic carbocycles. The van der Waals surface area contributed by atoms with Gasteiger partial charge < -0.3 is 14.7 Å². The maximum Gasteiger partial charge on any atom is 0.254 e. The first-order chi connectivity index (χ1) is 11.2. The lowest BCUT2D eigenvalue weighted by Crippen LogP contribution is -2.30. The minimum Gasteiger partial charge on any atom is -0.494 e. The monoisotopic (exact) mass is 313 g/mol. The van der Waals surface area contributed by atoms with Crippen molar-refractivity contribution in [2.75, 3.05) is 13.2 Å². The molecule has 0 aromatic heterocycles. The third-order valence-corrected chi connectivity index (χ3v) is 3.69. The molecule has 122 valence electrons. The van der Waals surface area contributed by atoms with Gasteiger partial charge in [-0.1, -0.05) is 30.3 Å². The third-order valence-electron chi connectivity index (χ3n) is 3.69. The van der Waals surface area contributed by atoms with Crippen LogP contribution in [0, 0.1) is 0 Å². The van der Waals surface area contributed by atoms with Gasteiger partial charge in [0, 0.05) is 24.2 Å². The molecule has 4 heteroatoms. The highest BCUT2D eigenvalue weighted by Gasteiger charge is 2.16. The van der Waals surface area contributed by atoms with Crippen LogP contribution in [0.25, 0.3) is 0 Å². The first-order valence-electron chi connectivity index (χ1n) is 7.89. The number of aliphatic hydroxyl groups excluding tert-OH is 1. The van der Waals surface area contributed by atoms with E-state index in [2.05, 4.69) is 0 Å². The van der Waals surface area contributed by atoms with Crippen LogP contribution in [0.4, 0.5) is 0 Å². The van der Waals surface area contributed by atoms with Gasteiger partial charge in [0.15, 0.2) is 0 Å². The Labute approximate surface area is 137 Å². The number of para-hydroxylation sites is 1. The summed E-state index contributed by atoms with van der Waals surface area (Å²) in [5, 5.41) is 9.09. The summed E-state index contributed by atoms with van der Waals surface area (Å²) in [5.41, 5.74) is 2.42. The second-order valence-electron chi connectivity index (χ2n) is 5.22. The van der Waals surface area contributed by atoms with E-state index in [0.29, 0.717) is 25.3 Å². The fourth-order valence-corrected chi connectivity index (χ4v) is 2.40. The minimum atomic E-state index is -0.0247. The van der Waals surface area contributed by atoms with Crippen molar-refractivity contribution in [1.29, 1.82) is 0 Å². The minimum absolute atomic E-state index is 0.0201. The lowest BCUT2D eigenvalue weighted by molar-refractivity contribution is 0.0751. The van der Waals surface area contributed by atoms with E-state index in [1.165, 1.54) is 0 Å². The SMILES string of the molecule is CCOc1ccccc1CN(CC)C(=O)c1ccc(CO)cc1. The lowest BCUT2D eigenvalue weighted by atomic mass is 10.1. The summed E-state index contributed by atoms with van der Waals surface area (Å²) >= 11 is 0. The Morgan fingerprint density at radius 2 is 1.78 bits per heavy atom. The van der Waals surface area contributed by atoms with Crippen LogP contribution < -0.4 is 4.74 Å². The third kappa shape index (κ3) is 4.33. The van der Waals surface area contributed by atoms with Crippen LogP contribution in [-0.4, -0.2) is 29.1 Å². The summed E-state index contributed by atoms with van der Waals surface area (Å²) < 4.78 is 5.63. The normalized spacial score (nSPS) is 10.4. The Kier molecular flexibility index (Phi) is 6.18. The van der Waals surface area contributed by atoms with Crippen molar-refractivity contribution in [3.63, 3.8) is 0 Å². The van der Waals surface area contributed by atoms with E-state index < -0.39 is 0 Å². The van der Waals surface area contributed by atoms with Gasteiger partial charge >= 0.3 is 0 Å². The van der Waals surface area contributed by atoms with Crippen molar-refractivity contribution >= 4 is 5.91 Å². The standard InChI is InChI=1S/C19H23NO3/c1-3-20(13-17-7-5-6-8-18(17)23-4-2)19(22)16-11-9-15(14-21)10-12-16/h5-12,21H,3-4,13-14H2,1-2H3. The molecule has 2 rings (SSSR count). The number of nitrogens with zero attached hydrogens (tertiary/aromatic N) is 1. The summed E-state index contributed by atoms with van der Waals surface area (Å²) in [6.45, 7) is 5.60.